The molecule has 0 fully saturated rings. The third-order valence-corrected chi connectivity index (χ3v) is 2.77. The van der Waals surface area contributed by atoms with Gasteiger partial charge in [-0.2, -0.15) is 0 Å². The van der Waals surface area contributed by atoms with E-state index in [1.54, 1.807) is 26.4 Å². The summed E-state index contributed by atoms with van der Waals surface area (Å²) in [4.78, 5) is 11.7. The summed E-state index contributed by atoms with van der Waals surface area (Å²) in [7, 11) is 3.11. The van der Waals surface area contributed by atoms with E-state index in [0.717, 1.165) is 10.0 Å². The van der Waals surface area contributed by atoms with Gasteiger partial charge in [0.15, 0.2) is 0 Å². The molecular formula is C13H16BrNO3. The number of carbonyl (C=O) groups excluding carboxylic acids is 1. The predicted octanol–water partition coefficient (Wildman–Crippen LogP) is 3.37. The number of hydrogen-bond acceptors (Lipinski definition) is 3. The Morgan fingerprint density at radius 2 is 1.83 bits per heavy atom. The van der Waals surface area contributed by atoms with Gasteiger partial charge in [-0.05, 0) is 29.8 Å². The zero-order valence-corrected chi connectivity index (χ0v) is 12.4. The number of halogens is 1. The summed E-state index contributed by atoms with van der Waals surface area (Å²) in [6.07, 6.45) is 1.52. The summed E-state index contributed by atoms with van der Waals surface area (Å²) in [5.74, 6) is 0.999. The standard InChI is InChI=1S/C13H16BrNO3/c1-8(2)5-13(16)15-10-7-11(17-3)9(14)6-12(10)18-4/h5-7H,1-4H3,(H,15,16). The minimum Gasteiger partial charge on any atom is -0.495 e. The number of benzene rings is 1. The van der Waals surface area contributed by atoms with Gasteiger partial charge in [0.2, 0.25) is 5.91 Å². The summed E-state index contributed by atoms with van der Waals surface area (Å²) in [5.41, 5.74) is 1.50. The van der Waals surface area contributed by atoms with Crippen LogP contribution < -0.4 is 14.8 Å². The first-order chi connectivity index (χ1) is 8.47. The van der Waals surface area contributed by atoms with Gasteiger partial charge in [-0.15, -0.1) is 0 Å². The van der Waals surface area contributed by atoms with Crippen LogP contribution in [0.5, 0.6) is 11.5 Å². The average molecular weight is 314 g/mol. The Labute approximate surface area is 115 Å². The highest BCUT2D eigenvalue weighted by molar-refractivity contribution is 9.10. The Balaban J connectivity index is 3.07. The zero-order chi connectivity index (χ0) is 13.7. The lowest BCUT2D eigenvalue weighted by Gasteiger charge is -2.12. The number of carbonyl (C=O) groups is 1. The molecule has 0 bridgehead atoms. The summed E-state index contributed by atoms with van der Waals surface area (Å²) >= 11 is 3.36. The fourth-order valence-corrected chi connectivity index (χ4v) is 1.87. The number of anilines is 1. The van der Waals surface area contributed by atoms with E-state index < -0.39 is 0 Å². The number of methoxy groups -OCH3 is 2. The molecule has 1 aromatic rings. The van der Waals surface area contributed by atoms with Gasteiger partial charge in [0.25, 0.3) is 0 Å². The molecule has 18 heavy (non-hydrogen) atoms. The van der Waals surface area contributed by atoms with Gasteiger partial charge in [-0.25, -0.2) is 0 Å². The van der Waals surface area contributed by atoms with Crippen LogP contribution in [0.4, 0.5) is 5.69 Å². The quantitative estimate of drug-likeness (QED) is 0.867. The molecule has 0 unspecified atom stereocenters. The number of rotatable bonds is 4. The van der Waals surface area contributed by atoms with Gasteiger partial charge in [0.05, 0.1) is 24.4 Å². The van der Waals surface area contributed by atoms with E-state index in [-0.39, 0.29) is 5.91 Å². The van der Waals surface area contributed by atoms with E-state index in [2.05, 4.69) is 21.2 Å². The van der Waals surface area contributed by atoms with Crippen molar-refractivity contribution in [1.29, 1.82) is 0 Å². The molecule has 98 valence electrons. The molecule has 0 spiro atoms. The second kappa shape index (κ2) is 6.44. The average Bonchev–Trinajstić information content (AvgIpc) is 2.29. The van der Waals surface area contributed by atoms with Crippen molar-refractivity contribution < 1.29 is 14.3 Å². The minimum absolute atomic E-state index is 0.197. The SMILES string of the molecule is COc1cc(NC(=O)C=C(C)C)c(OC)cc1Br. The summed E-state index contributed by atoms with van der Waals surface area (Å²) in [6, 6.07) is 3.45. The third kappa shape index (κ3) is 3.77. The largest absolute Gasteiger partial charge is 0.495 e. The van der Waals surface area contributed by atoms with Gasteiger partial charge in [0, 0.05) is 18.2 Å². The molecule has 1 aromatic carbocycles. The number of amides is 1. The lowest BCUT2D eigenvalue weighted by Crippen LogP contribution is -2.09. The maximum Gasteiger partial charge on any atom is 0.248 e. The van der Waals surface area contributed by atoms with Gasteiger partial charge >= 0.3 is 0 Å². The molecule has 0 atom stereocenters. The second-order valence-electron chi connectivity index (χ2n) is 3.90. The van der Waals surface area contributed by atoms with E-state index in [0.29, 0.717) is 17.2 Å². The third-order valence-electron chi connectivity index (χ3n) is 2.15. The highest BCUT2D eigenvalue weighted by Crippen LogP contribution is 2.36. The van der Waals surface area contributed by atoms with Crippen molar-refractivity contribution in [3.8, 4) is 11.5 Å². The number of nitrogens with one attached hydrogen (secondary N) is 1. The molecule has 1 N–H and O–H groups in total. The smallest absolute Gasteiger partial charge is 0.248 e. The highest BCUT2D eigenvalue weighted by Gasteiger charge is 2.11. The van der Waals surface area contributed by atoms with E-state index in [1.165, 1.54) is 6.08 Å². The Morgan fingerprint density at radius 3 is 2.33 bits per heavy atom. The maximum atomic E-state index is 11.7. The Kier molecular flexibility index (Phi) is 5.22. The molecule has 0 aliphatic rings. The molecule has 0 saturated heterocycles. The van der Waals surface area contributed by atoms with Crippen LogP contribution in [0.1, 0.15) is 13.8 Å². The highest BCUT2D eigenvalue weighted by atomic mass is 79.9. The van der Waals surface area contributed by atoms with Crippen LogP contribution in [-0.2, 0) is 4.79 Å². The first-order valence-electron chi connectivity index (χ1n) is 5.35. The van der Waals surface area contributed by atoms with Crippen LogP contribution >= 0.6 is 15.9 Å². The Hall–Kier alpha value is -1.49. The topological polar surface area (TPSA) is 47.6 Å². The van der Waals surface area contributed by atoms with E-state index in [1.807, 2.05) is 13.8 Å². The summed E-state index contributed by atoms with van der Waals surface area (Å²) in [5, 5.41) is 2.75. The van der Waals surface area contributed by atoms with Crippen LogP contribution in [0.2, 0.25) is 0 Å². The molecule has 0 radical (unpaired) electrons. The number of allylic oxidation sites excluding steroid dienone is 1. The van der Waals surface area contributed by atoms with E-state index in [4.69, 9.17) is 9.47 Å². The molecule has 0 heterocycles. The molecule has 1 rings (SSSR count). The molecular weight excluding hydrogens is 298 g/mol. The van der Waals surface area contributed by atoms with Crippen molar-refractivity contribution in [3.05, 3.63) is 28.3 Å². The van der Waals surface area contributed by atoms with Gasteiger partial charge in [0.1, 0.15) is 11.5 Å². The Bertz CT molecular complexity index is 479. The van der Waals surface area contributed by atoms with Crippen molar-refractivity contribution in [1.82, 2.24) is 0 Å². The van der Waals surface area contributed by atoms with Crippen LogP contribution in [0, 0.1) is 0 Å². The van der Waals surface area contributed by atoms with E-state index >= 15 is 0 Å². The fourth-order valence-electron chi connectivity index (χ4n) is 1.39. The fraction of sp³-hybridized carbons (Fsp3) is 0.308. The molecule has 0 aliphatic carbocycles. The van der Waals surface area contributed by atoms with E-state index in [9.17, 15) is 4.79 Å². The molecule has 1 amide bonds. The minimum atomic E-state index is -0.197. The lowest BCUT2D eigenvalue weighted by atomic mass is 10.2. The predicted molar refractivity (Wildman–Crippen MR) is 75.3 cm³/mol. The van der Waals surface area contributed by atoms with Crippen LogP contribution in [0.3, 0.4) is 0 Å². The zero-order valence-electron chi connectivity index (χ0n) is 10.8. The van der Waals surface area contributed by atoms with Crippen molar-refractivity contribution in [2.24, 2.45) is 0 Å². The molecule has 4 nitrogen and oxygen atoms in total. The normalized spacial score (nSPS) is 9.61. The maximum absolute atomic E-state index is 11.7. The first-order valence-corrected chi connectivity index (χ1v) is 6.14. The lowest BCUT2D eigenvalue weighted by molar-refractivity contribution is -0.112. The van der Waals surface area contributed by atoms with Crippen LogP contribution in [0.25, 0.3) is 0 Å². The number of hydrogen-bond donors (Lipinski definition) is 1. The van der Waals surface area contributed by atoms with Crippen molar-refractivity contribution in [2.75, 3.05) is 19.5 Å². The second-order valence-corrected chi connectivity index (χ2v) is 4.75. The number of ether oxygens (including phenoxy) is 2. The van der Waals surface area contributed by atoms with Gasteiger partial charge in [-0.3, -0.25) is 4.79 Å². The Morgan fingerprint density at radius 1 is 1.22 bits per heavy atom. The summed E-state index contributed by atoms with van der Waals surface area (Å²) in [6.45, 7) is 3.72. The van der Waals surface area contributed by atoms with Crippen LogP contribution in [-0.4, -0.2) is 20.1 Å². The van der Waals surface area contributed by atoms with Crippen molar-refractivity contribution >= 4 is 27.5 Å². The monoisotopic (exact) mass is 313 g/mol. The van der Waals surface area contributed by atoms with Gasteiger partial charge in [-0.1, -0.05) is 5.57 Å². The molecule has 0 aromatic heterocycles. The molecule has 0 aliphatic heterocycles. The van der Waals surface area contributed by atoms with Gasteiger partial charge < -0.3 is 14.8 Å². The van der Waals surface area contributed by atoms with Crippen molar-refractivity contribution in [2.45, 2.75) is 13.8 Å². The molecule has 0 saturated carbocycles. The molecule has 5 heteroatoms. The van der Waals surface area contributed by atoms with Crippen LogP contribution in [0.15, 0.2) is 28.3 Å². The summed E-state index contributed by atoms with van der Waals surface area (Å²) < 4.78 is 11.2. The van der Waals surface area contributed by atoms with Crippen molar-refractivity contribution in [3.63, 3.8) is 0 Å². The first kappa shape index (κ1) is 14.6.